The van der Waals surface area contributed by atoms with Gasteiger partial charge >= 0.3 is 0 Å². The zero-order valence-corrected chi connectivity index (χ0v) is 8.87. The second kappa shape index (κ2) is 3.54. The molecule has 0 radical (unpaired) electrons. The number of fused-ring (bicyclic) bond motifs is 1. The largest absolute Gasteiger partial charge is 0.387 e. The summed E-state index contributed by atoms with van der Waals surface area (Å²) in [6.45, 7) is 0.204. The summed E-state index contributed by atoms with van der Waals surface area (Å²) in [5.74, 6) is 0. The average Bonchev–Trinajstić information content (AvgIpc) is 3.07. The maximum atomic E-state index is 9.79. The van der Waals surface area contributed by atoms with Crippen molar-refractivity contribution in [2.24, 2.45) is 5.73 Å². The number of aromatic nitrogens is 3. The van der Waals surface area contributed by atoms with E-state index in [1.54, 1.807) is 12.3 Å². The Bertz CT molecular complexity index is 518. The summed E-state index contributed by atoms with van der Waals surface area (Å²) in [4.78, 5) is 8.66. The van der Waals surface area contributed by atoms with Gasteiger partial charge in [0.05, 0.1) is 12.4 Å². The number of aliphatic hydroxyl groups excluding tert-OH is 1. The van der Waals surface area contributed by atoms with Gasteiger partial charge in [0.25, 0.3) is 0 Å². The molecule has 1 saturated carbocycles. The molecule has 5 heteroatoms. The Morgan fingerprint density at radius 1 is 1.50 bits per heavy atom. The van der Waals surface area contributed by atoms with E-state index in [0.717, 1.165) is 16.7 Å². The molecule has 16 heavy (non-hydrogen) atoms. The van der Waals surface area contributed by atoms with Crippen LogP contribution in [0.1, 0.15) is 30.6 Å². The Balaban J connectivity index is 2.16. The van der Waals surface area contributed by atoms with Gasteiger partial charge in [-0.2, -0.15) is 0 Å². The average molecular weight is 218 g/mol. The Labute approximate surface area is 92.9 Å². The maximum Gasteiger partial charge on any atom is 0.160 e. The maximum absolute atomic E-state index is 9.79. The zero-order chi connectivity index (χ0) is 11.1. The summed E-state index contributed by atoms with van der Waals surface area (Å²) in [7, 11) is 0. The molecule has 3 rings (SSSR count). The summed E-state index contributed by atoms with van der Waals surface area (Å²) in [5.41, 5.74) is 7.86. The lowest BCUT2D eigenvalue weighted by atomic mass is 10.1. The number of aliphatic hydroxyl groups is 1. The van der Waals surface area contributed by atoms with E-state index in [2.05, 4.69) is 14.5 Å². The minimum absolute atomic E-state index is 0.204. The molecule has 1 atom stereocenters. The number of pyridine rings is 1. The second-order valence-electron chi connectivity index (χ2n) is 4.21. The van der Waals surface area contributed by atoms with Crippen molar-refractivity contribution in [3.63, 3.8) is 0 Å². The number of rotatable bonds is 3. The Kier molecular flexibility index (Phi) is 2.15. The molecule has 1 fully saturated rings. The third-order valence-corrected chi connectivity index (χ3v) is 3.01. The first-order valence-corrected chi connectivity index (χ1v) is 5.51. The van der Waals surface area contributed by atoms with Crippen molar-refractivity contribution < 1.29 is 5.11 Å². The highest BCUT2D eigenvalue weighted by molar-refractivity contribution is 5.75. The molecule has 5 nitrogen and oxygen atoms in total. The highest BCUT2D eigenvalue weighted by Gasteiger charge is 2.26. The van der Waals surface area contributed by atoms with E-state index in [1.807, 2.05) is 6.33 Å². The standard InChI is InChI=1S/C11H14N4O/c12-5-9(16)8-3-4-13-11-10(8)14-6-15(11)7-1-2-7/h3-4,6-7,9,16H,1-2,5,12H2. The Morgan fingerprint density at radius 3 is 3.00 bits per heavy atom. The van der Waals surface area contributed by atoms with Crippen LogP contribution in [0.25, 0.3) is 11.2 Å². The highest BCUT2D eigenvalue weighted by atomic mass is 16.3. The van der Waals surface area contributed by atoms with E-state index in [9.17, 15) is 5.11 Å². The molecule has 0 aromatic carbocycles. The SMILES string of the molecule is NCC(O)c1ccnc2c1ncn2C1CC1. The van der Waals surface area contributed by atoms with E-state index in [-0.39, 0.29) is 6.54 Å². The fourth-order valence-electron chi connectivity index (χ4n) is 1.97. The lowest BCUT2D eigenvalue weighted by molar-refractivity contribution is 0.188. The molecule has 0 saturated heterocycles. The van der Waals surface area contributed by atoms with Gasteiger partial charge in [-0.15, -0.1) is 0 Å². The third-order valence-electron chi connectivity index (χ3n) is 3.01. The number of nitrogens with two attached hydrogens (primary N) is 1. The Hall–Kier alpha value is -1.46. The van der Waals surface area contributed by atoms with Gasteiger partial charge in [0, 0.05) is 24.3 Å². The molecule has 2 aromatic heterocycles. The summed E-state index contributed by atoms with van der Waals surface area (Å²) < 4.78 is 2.09. The minimum Gasteiger partial charge on any atom is -0.387 e. The summed E-state index contributed by atoms with van der Waals surface area (Å²) in [5, 5.41) is 9.79. The molecular weight excluding hydrogens is 204 g/mol. The first-order chi connectivity index (χ1) is 7.81. The molecule has 2 heterocycles. The van der Waals surface area contributed by atoms with E-state index < -0.39 is 6.10 Å². The summed E-state index contributed by atoms with van der Waals surface area (Å²) >= 11 is 0. The van der Waals surface area contributed by atoms with E-state index in [1.165, 1.54) is 12.8 Å². The van der Waals surface area contributed by atoms with Crippen LogP contribution in [0, 0.1) is 0 Å². The third kappa shape index (κ3) is 1.40. The van der Waals surface area contributed by atoms with Crippen molar-refractivity contribution in [1.82, 2.24) is 14.5 Å². The molecule has 84 valence electrons. The van der Waals surface area contributed by atoms with Crippen LogP contribution >= 0.6 is 0 Å². The number of hydrogen-bond acceptors (Lipinski definition) is 4. The van der Waals surface area contributed by atoms with Gasteiger partial charge in [0.1, 0.15) is 5.52 Å². The van der Waals surface area contributed by atoms with Gasteiger partial charge in [-0.3, -0.25) is 0 Å². The van der Waals surface area contributed by atoms with Gasteiger partial charge in [-0.1, -0.05) is 0 Å². The van der Waals surface area contributed by atoms with Crippen LogP contribution in [0.2, 0.25) is 0 Å². The molecule has 0 aliphatic heterocycles. The molecular formula is C11H14N4O. The van der Waals surface area contributed by atoms with Crippen molar-refractivity contribution in [2.45, 2.75) is 25.0 Å². The fraction of sp³-hybridized carbons (Fsp3) is 0.455. The van der Waals surface area contributed by atoms with Crippen LogP contribution in [-0.4, -0.2) is 26.2 Å². The Morgan fingerprint density at radius 2 is 2.31 bits per heavy atom. The van der Waals surface area contributed by atoms with Gasteiger partial charge in [-0.25, -0.2) is 9.97 Å². The van der Waals surface area contributed by atoms with E-state index in [4.69, 9.17) is 5.73 Å². The second-order valence-corrected chi connectivity index (χ2v) is 4.21. The normalized spacial score (nSPS) is 17.9. The van der Waals surface area contributed by atoms with Gasteiger partial charge < -0.3 is 15.4 Å². The van der Waals surface area contributed by atoms with Gasteiger partial charge in [0.15, 0.2) is 5.65 Å². The highest BCUT2D eigenvalue weighted by Crippen LogP contribution is 2.37. The van der Waals surface area contributed by atoms with Crippen LogP contribution in [0.5, 0.6) is 0 Å². The monoisotopic (exact) mass is 218 g/mol. The van der Waals surface area contributed by atoms with Crippen LogP contribution in [0.15, 0.2) is 18.6 Å². The lowest BCUT2D eigenvalue weighted by Gasteiger charge is -2.08. The zero-order valence-electron chi connectivity index (χ0n) is 8.87. The molecule has 1 aliphatic rings. The lowest BCUT2D eigenvalue weighted by Crippen LogP contribution is -2.12. The van der Waals surface area contributed by atoms with Crippen LogP contribution in [0.4, 0.5) is 0 Å². The number of hydrogen-bond donors (Lipinski definition) is 2. The van der Waals surface area contributed by atoms with Crippen molar-refractivity contribution in [1.29, 1.82) is 0 Å². The number of nitrogens with zero attached hydrogens (tertiary/aromatic N) is 3. The van der Waals surface area contributed by atoms with Crippen LogP contribution in [-0.2, 0) is 0 Å². The van der Waals surface area contributed by atoms with Crippen molar-refractivity contribution in [3.8, 4) is 0 Å². The summed E-state index contributed by atoms with van der Waals surface area (Å²) in [6.07, 6.45) is 5.24. The van der Waals surface area contributed by atoms with E-state index in [0.29, 0.717) is 6.04 Å². The molecule has 0 bridgehead atoms. The van der Waals surface area contributed by atoms with Crippen molar-refractivity contribution >= 4 is 11.2 Å². The summed E-state index contributed by atoms with van der Waals surface area (Å²) in [6, 6.07) is 2.33. The molecule has 0 amide bonds. The van der Waals surface area contributed by atoms with Gasteiger partial charge in [-0.05, 0) is 18.9 Å². The topological polar surface area (TPSA) is 77.0 Å². The van der Waals surface area contributed by atoms with Crippen molar-refractivity contribution in [3.05, 3.63) is 24.2 Å². The molecule has 0 spiro atoms. The predicted octanol–water partition coefficient (Wildman–Crippen LogP) is 0.758. The smallest absolute Gasteiger partial charge is 0.160 e. The van der Waals surface area contributed by atoms with Crippen LogP contribution < -0.4 is 5.73 Å². The molecule has 3 N–H and O–H groups in total. The molecule has 1 unspecified atom stereocenters. The van der Waals surface area contributed by atoms with Crippen molar-refractivity contribution in [2.75, 3.05) is 6.54 Å². The number of imidazole rings is 1. The quantitative estimate of drug-likeness (QED) is 0.797. The predicted molar refractivity (Wildman–Crippen MR) is 59.8 cm³/mol. The molecule has 2 aromatic rings. The first kappa shape index (κ1) is 9.74. The molecule has 1 aliphatic carbocycles. The van der Waals surface area contributed by atoms with Crippen LogP contribution in [0.3, 0.4) is 0 Å². The fourth-order valence-corrected chi connectivity index (χ4v) is 1.97. The van der Waals surface area contributed by atoms with E-state index >= 15 is 0 Å². The van der Waals surface area contributed by atoms with Gasteiger partial charge in [0.2, 0.25) is 0 Å². The first-order valence-electron chi connectivity index (χ1n) is 5.51. The minimum atomic E-state index is -0.659.